The summed E-state index contributed by atoms with van der Waals surface area (Å²) < 4.78 is 0. The van der Waals surface area contributed by atoms with Crippen LogP contribution in [0, 0.1) is 11.8 Å². The molecule has 1 rings (SSSR count). The molecular weight excluding hydrogens is 188 g/mol. The third kappa shape index (κ3) is 5.29. The van der Waals surface area contributed by atoms with Crippen LogP contribution in [-0.4, -0.2) is 10.5 Å². The highest BCUT2D eigenvalue weighted by molar-refractivity contribution is 8.00. The molecule has 14 heavy (non-hydrogen) atoms. The first-order valence-electron chi connectivity index (χ1n) is 6.25. The van der Waals surface area contributed by atoms with E-state index < -0.39 is 0 Å². The molecule has 1 saturated carbocycles. The van der Waals surface area contributed by atoms with Gasteiger partial charge in [-0.2, -0.15) is 11.8 Å². The zero-order valence-electron chi connectivity index (χ0n) is 10.3. The minimum atomic E-state index is 0.819. The van der Waals surface area contributed by atoms with Crippen molar-refractivity contribution in [3.63, 3.8) is 0 Å². The van der Waals surface area contributed by atoms with Gasteiger partial charge < -0.3 is 0 Å². The van der Waals surface area contributed by atoms with Crippen molar-refractivity contribution < 1.29 is 0 Å². The van der Waals surface area contributed by atoms with Gasteiger partial charge in [0.15, 0.2) is 0 Å². The highest BCUT2D eigenvalue weighted by Crippen LogP contribution is 2.42. The Kier molecular flexibility index (Phi) is 5.36. The van der Waals surface area contributed by atoms with Crippen LogP contribution in [0.2, 0.25) is 0 Å². The third-order valence-corrected chi connectivity index (χ3v) is 4.38. The quantitative estimate of drug-likeness (QED) is 0.590. The summed E-state index contributed by atoms with van der Waals surface area (Å²) in [6, 6.07) is 0. The van der Waals surface area contributed by atoms with Gasteiger partial charge in [0.1, 0.15) is 0 Å². The predicted molar refractivity (Wildman–Crippen MR) is 67.9 cm³/mol. The van der Waals surface area contributed by atoms with Crippen LogP contribution in [0.5, 0.6) is 0 Å². The Morgan fingerprint density at radius 2 is 1.71 bits per heavy atom. The van der Waals surface area contributed by atoms with Crippen molar-refractivity contribution in [2.45, 2.75) is 70.3 Å². The van der Waals surface area contributed by atoms with Crippen LogP contribution in [0.4, 0.5) is 0 Å². The molecule has 0 aromatic heterocycles. The smallest absolute Gasteiger partial charge is 0.00779 e. The second-order valence-electron chi connectivity index (χ2n) is 5.39. The topological polar surface area (TPSA) is 0 Å². The fourth-order valence-electron chi connectivity index (χ4n) is 1.96. The lowest BCUT2D eigenvalue weighted by atomic mass is 10.0. The fraction of sp³-hybridized carbons (Fsp3) is 1.00. The van der Waals surface area contributed by atoms with Crippen LogP contribution < -0.4 is 0 Å². The Labute approximate surface area is 94.2 Å². The van der Waals surface area contributed by atoms with E-state index in [1.165, 1.54) is 32.1 Å². The Balaban J connectivity index is 2.15. The lowest BCUT2D eigenvalue weighted by Crippen LogP contribution is -2.09. The molecule has 0 unspecified atom stereocenters. The normalized spacial score (nSPS) is 19.3. The second kappa shape index (κ2) is 6.05. The molecule has 0 saturated heterocycles. The van der Waals surface area contributed by atoms with Crippen molar-refractivity contribution in [2.24, 2.45) is 11.8 Å². The predicted octanol–water partition coefficient (Wildman–Crippen LogP) is 4.73. The van der Waals surface area contributed by atoms with Crippen molar-refractivity contribution >= 4 is 11.8 Å². The molecule has 1 aliphatic rings. The lowest BCUT2D eigenvalue weighted by Gasteiger charge is -2.18. The van der Waals surface area contributed by atoms with Gasteiger partial charge in [-0.1, -0.05) is 40.5 Å². The Morgan fingerprint density at radius 3 is 2.14 bits per heavy atom. The van der Waals surface area contributed by atoms with Crippen LogP contribution in [0.15, 0.2) is 0 Å². The van der Waals surface area contributed by atoms with Crippen LogP contribution >= 0.6 is 11.8 Å². The van der Waals surface area contributed by atoms with Crippen LogP contribution in [-0.2, 0) is 0 Å². The zero-order chi connectivity index (χ0) is 10.6. The summed E-state index contributed by atoms with van der Waals surface area (Å²) in [4.78, 5) is 0. The van der Waals surface area contributed by atoms with Gasteiger partial charge in [-0.05, 0) is 36.3 Å². The van der Waals surface area contributed by atoms with Crippen LogP contribution in [0.1, 0.15) is 59.8 Å². The molecule has 0 heterocycles. The van der Waals surface area contributed by atoms with E-state index in [-0.39, 0.29) is 0 Å². The van der Waals surface area contributed by atoms with Crippen molar-refractivity contribution in [2.75, 3.05) is 0 Å². The van der Waals surface area contributed by atoms with E-state index in [0.717, 1.165) is 22.3 Å². The summed E-state index contributed by atoms with van der Waals surface area (Å²) in [6.45, 7) is 9.34. The SMILES string of the molecule is CC(C)CCC[C@H](SC(C)C)C1CC1. The average Bonchev–Trinajstić information content (AvgIpc) is 2.83. The van der Waals surface area contributed by atoms with E-state index in [9.17, 15) is 0 Å². The Hall–Kier alpha value is 0.350. The van der Waals surface area contributed by atoms with E-state index in [4.69, 9.17) is 0 Å². The number of hydrogen-bond donors (Lipinski definition) is 0. The van der Waals surface area contributed by atoms with E-state index in [1.54, 1.807) is 0 Å². The molecule has 1 heteroatoms. The van der Waals surface area contributed by atoms with Crippen LogP contribution in [0.25, 0.3) is 0 Å². The summed E-state index contributed by atoms with van der Waals surface area (Å²) in [5.41, 5.74) is 0. The highest BCUT2D eigenvalue weighted by atomic mass is 32.2. The van der Waals surface area contributed by atoms with E-state index >= 15 is 0 Å². The Morgan fingerprint density at radius 1 is 1.07 bits per heavy atom. The van der Waals surface area contributed by atoms with Crippen molar-refractivity contribution in [3.8, 4) is 0 Å². The molecule has 0 nitrogen and oxygen atoms in total. The maximum absolute atomic E-state index is 2.34. The molecule has 0 aliphatic heterocycles. The maximum Gasteiger partial charge on any atom is 0.00779 e. The number of hydrogen-bond acceptors (Lipinski definition) is 1. The van der Waals surface area contributed by atoms with Crippen molar-refractivity contribution in [3.05, 3.63) is 0 Å². The van der Waals surface area contributed by atoms with Gasteiger partial charge in [-0.15, -0.1) is 0 Å². The number of rotatable bonds is 7. The minimum absolute atomic E-state index is 0.819. The highest BCUT2D eigenvalue weighted by Gasteiger charge is 2.31. The molecule has 0 spiro atoms. The molecule has 0 bridgehead atoms. The van der Waals surface area contributed by atoms with Crippen molar-refractivity contribution in [1.29, 1.82) is 0 Å². The van der Waals surface area contributed by atoms with E-state index in [2.05, 4.69) is 39.5 Å². The standard InChI is InChI=1S/C13H26S/c1-10(2)6-5-7-13(12-8-9-12)14-11(3)4/h10-13H,5-9H2,1-4H3/t13-/m0/s1. The molecule has 0 N–H and O–H groups in total. The molecule has 1 aliphatic carbocycles. The van der Waals surface area contributed by atoms with Gasteiger partial charge in [0.2, 0.25) is 0 Å². The monoisotopic (exact) mass is 214 g/mol. The molecule has 1 atom stereocenters. The first-order chi connectivity index (χ1) is 6.59. The van der Waals surface area contributed by atoms with Gasteiger partial charge in [0, 0.05) is 5.25 Å². The van der Waals surface area contributed by atoms with Gasteiger partial charge >= 0.3 is 0 Å². The van der Waals surface area contributed by atoms with Crippen LogP contribution in [0.3, 0.4) is 0 Å². The second-order valence-corrected chi connectivity index (χ2v) is 7.21. The first-order valence-corrected chi connectivity index (χ1v) is 7.19. The molecule has 0 amide bonds. The lowest BCUT2D eigenvalue weighted by molar-refractivity contribution is 0.520. The molecule has 84 valence electrons. The Bertz CT molecular complexity index is 147. The summed E-state index contributed by atoms with van der Waals surface area (Å²) >= 11 is 2.22. The summed E-state index contributed by atoms with van der Waals surface area (Å²) in [5, 5.41) is 1.80. The first kappa shape index (κ1) is 12.4. The van der Waals surface area contributed by atoms with Gasteiger partial charge in [0.05, 0.1) is 0 Å². The van der Waals surface area contributed by atoms with Crippen molar-refractivity contribution in [1.82, 2.24) is 0 Å². The minimum Gasteiger partial charge on any atom is -0.155 e. The third-order valence-electron chi connectivity index (χ3n) is 2.86. The molecule has 0 aromatic rings. The fourth-order valence-corrected chi connectivity index (χ4v) is 3.46. The summed E-state index contributed by atoms with van der Waals surface area (Å²) in [7, 11) is 0. The van der Waals surface area contributed by atoms with E-state index in [1.807, 2.05) is 0 Å². The average molecular weight is 214 g/mol. The number of thioether (sulfide) groups is 1. The van der Waals surface area contributed by atoms with E-state index in [0.29, 0.717) is 0 Å². The molecule has 0 radical (unpaired) electrons. The summed E-state index contributed by atoms with van der Waals surface area (Å²) in [6.07, 6.45) is 7.34. The molecular formula is C13H26S. The zero-order valence-corrected chi connectivity index (χ0v) is 11.1. The largest absolute Gasteiger partial charge is 0.155 e. The van der Waals surface area contributed by atoms with Gasteiger partial charge in [0.25, 0.3) is 0 Å². The summed E-state index contributed by atoms with van der Waals surface area (Å²) in [5.74, 6) is 1.97. The van der Waals surface area contributed by atoms with Gasteiger partial charge in [-0.25, -0.2) is 0 Å². The maximum atomic E-state index is 2.34. The van der Waals surface area contributed by atoms with Gasteiger partial charge in [-0.3, -0.25) is 0 Å². The molecule has 0 aromatic carbocycles. The molecule has 1 fully saturated rings.